The first kappa shape index (κ1) is 19.5. The van der Waals surface area contributed by atoms with Crippen LogP contribution >= 0.6 is 11.6 Å². The molecule has 26 heavy (non-hydrogen) atoms. The molecule has 9 heteroatoms. The second kappa shape index (κ2) is 9.00. The molecule has 0 fully saturated rings. The molecule has 0 bridgehead atoms. The Morgan fingerprint density at radius 3 is 2.38 bits per heavy atom. The van der Waals surface area contributed by atoms with Crippen molar-refractivity contribution in [3.05, 3.63) is 58.6 Å². The maximum Gasteiger partial charge on any atom is 0.387 e. The standard InChI is InChI=1S/C17H15ClF2N2O4/c1-25-14-9-11(4-7-13(14)26-17(19)20)16(24)22-21-15(23)8-10-2-5-12(18)6-3-10/h2-7,9,17H,8H2,1H3,(H,21,23)(H,22,24). The van der Waals surface area contributed by atoms with Gasteiger partial charge in [0.25, 0.3) is 5.91 Å². The number of nitrogens with one attached hydrogen (secondary N) is 2. The zero-order valence-electron chi connectivity index (χ0n) is 13.6. The van der Waals surface area contributed by atoms with Gasteiger partial charge in [-0.05, 0) is 35.9 Å². The van der Waals surface area contributed by atoms with Crippen LogP contribution in [0.15, 0.2) is 42.5 Å². The molecule has 0 aliphatic rings. The molecule has 2 N–H and O–H groups in total. The molecule has 0 aromatic heterocycles. The second-order valence-electron chi connectivity index (χ2n) is 5.05. The largest absolute Gasteiger partial charge is 0.493 e. The Morgan fingerprint density at radius 1 is 1.08 bits per heavy atom. The third-order valence-corrected chi connectivity index (χ3v) is 3.49. The Labute approximate surface area is 153 Å². The summed E-state index contributed by atoms with van der Waals surface area (Å²) in [6, 6.07) is 10.3. The van der Waals surface area contributed by atoms with Crippen molar-refractivity contribution in [2.75, 3.05) is 7.11 Å². The number of ether oxygens (including phenoxy) is 2. The lowest BCUT2D eigenvalue weighted by atomic mass is 10.1. The Kier molecular flexibility index (Phi) is 6.74. The van der Waals surface area contributed by atoms with Crippen LogP contribution in [0.3, 0.4) is 0 Å². The summed E-state index contributed by atoms with van der Waals surface area (Å²) in [5.74, 6) is -1.32. The normalized spacial score (nSPS) is 10.3. The van der Waals surface area contributed by atoms with E-state index in [1.807, 2.05) is 0 Å². The molecule has 0 unspecified atom stereocenters. The summed E-state index contributed by atoms with van der Waals surface area (Å²) in [6.45, 7) is -3.02. The average molecular weight is 385 g/mol. The van der Waals surface area contributed by atoms with Crippen LogP contribution < -0.4 is 20.3 Å². The fraction of sp³-hybridized carbons (Fsp3) is 0.176. The van der Waals surface area contributed by atoms with Gasteiger partial charge in [0, 0.05) is 10.6 Å². The molecular weight excluding hydrogens is 370 g/mol. The van der Waals surface area contributed by atoms with Gasteiger partial charge in [-0.1, -0.05) is 23.7 Å². The van der Waals surface area contributed by atoms with E-state index in [1.165, 1.54) is 25.3 Å². The van der Waals surface area contributed by atoms with E-state index in [9.17, 15) is 18.4 Å². The van der Waals surface area contributed by atoms with Crippen LogP contribution in [-0.4, -0.2) is 25.5 Å². The number of carbonyl (C=O) groups excluding carboxylic acids is 2. The van der Waals surface area contributed by atoms with Crippen molar-refractivity contribution in [3.8, 4) is 11.5 Å². The number of hydrogen-bond donors (Lipinski definition) is 2. The summed E-state index contributed by atoms with van der Waals surface area (Å²) >= 11 is 5.76. The summed E-state index contributed by atoms with van der Waals surface area (Å²) in [4.78, 5) is 23.9. The van der Waals surface area contributed by atoms with Gasteiger partial charge in [-0.3, -0.25) is 20.4 Å². The van der Waals surface area contributed by atoms with Crippen LogP contribution in [-0.2, 0) is 11.2 Å². The van der Waals surface area contributed by atoms with Gasteiger partial charge in [0.1, 0.15) is 0 Å². The third kappa shape index (κ3) is 5.59. The van der Waals surface area contributed by atoms with E-state index in [1.54, 1.807) is 24.3 Å². The minimum absolute atomic E-state index is 0.0366. The topological polar surface area (TPSA) is 76.7 Å². The van der Waals surface area contributed by atoms with E-state index >= 15 is 0 Å². The van der Waals surface area contributed by atoms with Gasteiger partial charge in [-0.25, -0.2) is 0 Å². The van der Waals surface area contributed by atoms with Crippen LogP contribution in [0.25, 0.3) is 0 Å². The molecule has 0 saturated carbocycles. The average Bonchev–Trinajstić information content (AvgIpc) is 2.61. The van der Waals surface area contributed by atoms with E-state index in [-0.39, 0.29) is 23.5 Å². The summed E-state index contributed by atoms with van der Waals surface area (Å²) in [7, 11) is 1.25. The lowest BCUT2D eigenvalue weighted by molar-refractivity contribution is -0.121. The van der Waals surface area contributed by atoms with E-state index in [4.69, 9.17) is 16.3 Å². The highest BCUT2D eigenvalue weighted by molar-refractivity contribution is 6.30. The first-order valence-electron chi connectivity index (χ1n) is 7.35. The van der Waals surface area contributed by atoms with Gasteiger partial charge in [0.2, 0.25) is 5.91 Å². The molecule has 0 spiro atoms. The van der Waals surface area contributed by atoms with Gasteiger partial charge in [0.05, 0.1) is 13.5 Å². The van der Waals surface area contributed by atoms with Crippen LogP contribution in [0.5, 0.6) is 11.5 Å². The number of methoxy groups -OCH3 is 1. The number of carbonyl (C=O) groups is 2. The molecule has 2 aromatic carbocycles. The summed E-state index contributed by atoms with van der Waals surface area (Å²) in [5, 5.41) is 0.552. The van der Waals surface area contributed by atoms with Crippen molar-refractivity contribution in [1.29, 1.82) is 0 Å². The highest BCUT2D eigenvalue weighted by Crippen LogP contribution is 2.29. The minimum Gasteiger partial charge on any atom is -0.493 e. The number of hydrogen-bond acceptors (Lipinski definition) is 4. The van der Waals surface area contributed by atoms with Gasteiger partial charge in [0.15, 0.2) is 11.5 Å². The van der Waals surface area contributed by atoms with E-state index < -0.39 is 18.4 Å². The number of rotatable bonds is 6. The minimum atomic E-state index is -3.02. The van der Waals surface area contributed by atoms with Crippen LogP contribution in [0.1, 0.15) is 15.9 Å². The first-order chi connectivity index (χ1) is 12.4. The quantitative estimate of drug-likeness (QED) is 0.751. The van der Waals surface area contributed by atoms with Gasteiger partial charge in [-0.15, -0.1) is 0 Å². The molecule has 0 heterocycles. The number of hydrazine groups is 1. The lowest BCUT2D eigenvalue weighted by Gasteiger charge is -2.12. The molecule has 138 valence electrons. The van der Waals surface area contributed by atoms with Crippen molar-refractivity contribution in [3.63, 3.8) is 0 Å². The Morgan fingerprint density at radius 2 is 1.77 bits per heavy atom. The Hall–Kier alpha value is -2.87. The Balaban J connectivity index is 1.94. The monoisotopic (exact) mass is 384 g/mol. The maximum absolute atomic E-state index is 12.3. The molecule has 0 radical (unpaired) electrons. The van der Waals surface area contributed by atoms with Crippen LogP contribution in [0.2, 0.25) is 5.02 Å². The van der Waals surface area contributed by atoms with Gasteiger partial charge >= 0.3 is 6.61 Å². The number of amides is 2. The predicted molar refractivity (Wildman–Crippen MR) is 90.4 cm³/mol. The van der Waals surface area contributed by atoms with Crippen molar-refractivity contribution in [2.24, 2.45) is 0 Å². The molecule has 2 rings (SSSR count). The number of benzene rings is 2. The number of alkyl halides is 2. The van der Waals surface area contributed by atoms with Crippen molar-refractivity contribution < 1.29 is 27.8 Å². The summed E-state index contributed by atoms with van der Waals surface area (Å²) in [5.41, 5.74) is 5.31. The van der Waals surface area contributed by atoms with E-state index in [0.717, 1.165) is 5.56 Å². The van der Waals surface area contributed by atoms with Crippen molar-refractivity contribution in [1.82, 2.24) is 10.9 Å². The maximum atomic E-state index is 12.3. The van der Waals surface area contributed by atoms with Crippen molar-refractivity contribution >= 4 is 23.4 Å². The fourth-order valence-corrected chi connectivity index (χ4v) is 2.16. The lowest BCUT2D eigenvalue weighted by Crippen LogP contribution is -2.42. The fourth-order valence-electron chi connectivity index (χ4n) is 2.03. The molecule has 0 saturated heterocycles. The highest BCUT2D eigenvalue weighted by Gasteiger charge is 2.14. The molecule has 0 aliphatic heterocycles. The van der Waals surface area contributed by atoms with Gasteiger partial charge < -0.3 is 9.47 Å². The molecule has 2 amide bonds. The van der Waals surface area contributed by atoms with E-state index in [2.05, 4.69) is 15.6 Å². The predicted octanol–water partition coefficient (Wildman–Crippen LogP) is 2.95. The smallest absolute Gasteiger partial charge is 0.387 e. The summed E-state index contributed by atoms with van der Waals surface area (Å²) < 4.78 is 33.8. The van der Waals surface area contributed by atoms with Crippen LogP contribution in [0, 0.1) is 0 Å². The molecule has 0 aliphatic carbocycles. The molecular formula is C17H15ClF2N2O4. The Bertz CT molecular complexity index is 785. The van der Waals surface area contributed by atoms with E-state index in [0.29, 0.717) is 5.02 Å². The van der Waals surface area contributed by atoms with Crippen molar-refractivity contribution in [2.45, 2.75) is 13.0 Å². The molecule has 6 nitrogen and oxygen atoms in total. The third-order valence-electron chi connectivity index (χ3n) is 3.24. The van der Waals surface area contributed by atoms with Gasteiger partial charge in [-0.2, -0.15) is 8.78 Å². The first-order valence-corrected chi connectivity index (χ1v) is 7.73. The number of halogens is 3. The molecule has 0 atom stereocenters. The second-order valence-corrected chi connectivity index (χ2v) is 5.49. The zero-order valence-corrected chi connectivity index (χ0v) is 14.3. The highest BCUT2D eigenvalue weighted by atomic mass is 35.5. The SMILES string of the molecule is COc1cc(C(=O)NNC(=O)Cc2ccc(Cl)cc2)ccc1OC(F)F. The summed E-state index contributed by atoms with van der Waals surface area (Å²) in [6.07, 6.45) is 0.0436. The van der Waals surface area contributed by atoms with Crippen LogP contribution in [0.4, 0.5) is 8.78 Å². The zero-order chi connectivity index (χ0) is 19.1. The molecule has 2 aromatic rings.